The molecule has 1 N–H and O–H groups in total. The molecule has 6 heteroatoms. The summed E-state index contributed by atoms with van der Waals surface area (Å²) >= 11 is 0. The van der Waals surface area contributed by atoms with E-state index in [0.29, 0.717) is 6.61 Å². The maximum atomic E-state index is 12.2. The number of β-amino-alcohol motifs (C(OH)–C–C–N with tert-alkyl or cyclic N) is 1. The summed E-state index contributed by atoms with van der Waals surface area (Å²) < 4.78 is 10.4. The van der Waals surface area contributed by atoms with Gasteiger partial charge in [-0.1, -0.05) is 43.7 Å². The van der Waals surface area contributed by atoms with Gasteiger partial charge in [0, 0.05) is 6.42 Å². The summed E-state index contributed by atoms with van der Waals surface area (Å²) in [4.78, 5) is 25.5. The molecule has 23 heavy (non-hydrogen) atoms. The van der Waals surface area contributed by atoms with Crippen molar-refractivity contribution in [2.24, 2.45) is 0 Å². The number of carbonyl (C=O) groups excluding carboxylic acids is 2. The highest BCUT2D eigenvalue weighted by Gasteiger charge is 2.40. The molecule has 0 bridgehead atoms. The number of nitrogens with zero attached hydrogens (tertiary/aromatic N) is 1. The number of aliphatic hydroxyl groups excluding tert-OH is 1. The molecule has 1 aromatic rings. The van der Waals surface area contributed by atoms with Gasteiger partial charge >= 0.3 is 12.1 Å². The first-order chi connectivity index (χ1) is 11.1. The molecule has 2 atom stereocenters. The molecule has 1 aromatic carbocycles. The van der Waals surface area contributed by atoms with Crippen molar-refractivity contribution in [1.29, 1.82) is 0 Å². The van der Waals surface area contributed by atoms with Crippen LogP contribution in [0.1, 0.15) is 31.7 Å². The summed E-state index contributed by atoms with van der Waals surface area (Å²) in [6.45, 7) is 2.55. The Morgan fingerprint density at radius 1 is 1.26 bits per heavy atom. The Kier molecular flexibility index (Phi) is 6.40. The largest absolute Gasteiger partial charge is 0.459 e. The molecule has 2 unspecified atom stereocenters. The van der Waals surface area contributed by atoms with Gasteiger partial charge in [0.25, 0.3) is 0 Å². The molecule has 2 rings (SSSR count). The van der Waals surface area contributed by atoms with Gasteiger partial charge in [-0.05, 0) is 12.0 Å². The predicted octanol–water partition coefficient (Wildman–Crippen LogP) is 2.10. The zero-order valence-electron chi connectivity index (χ0n) is 13.3. The van der Waals surface area contributed by atoms with Crippen molar-refractivity contribution >= 4 is 12.1 Å². The molecule has 1 aliphatic rings. The van der Waals surface area contributed by atoms with Crippen LogP contribution in [-0.2, 0) is 20.9 Å². The number of esters is 1. The minimum absolute atomic E-state index is 0.0933. The van der Waals surface area contributed by atoms with Crippen molar-refractivity contribution in [3.63, 3.8) is 0 Å². The van der Waals surface area contributed by atoms with Gasteiger partial charge in [0.05, 0.1) is 19.3 Å². The van der Waals surface area contributed by atoms with E-state index in [0.717, 1.165) is 18.4 Å². The summed E-state index contributed by atoms with van der Waals surface area (Å²) in [7, 11) is 0. The van der Waals surface area contributed by atoms with Crippen LogP contribution in [0.25, 0.3) is 0 Å². The van der Waals surface area contributed by atoms with E-state index >= 15 is 0 Å². The van der Waals surface area contributed by atoms with Crippen molar-refractivity contribution in [1.82, 2.24) is 4.90 Å². The van der Waals surface area contributed by atoms with Crippen molar-refractivity contribution in [3.05, 3.63) is 35.9 Å². The van der Waals surface area contributed by atoms with Crippen LogP contribution in [0.15, 0.2) is 30.3 Å². The first-order valence-corrected chi connectivity index (χ1v) is 7.93. The van der Waals surface area contributed by atoms with E-state index in [4.69, 9.17) is 9.47 Å². The molecule has 0 aliphatic carbocycles. The molecule has 0 spiro atoms. The van der Waals surface area contributed by atoms with Crippen LogP contribution in [0.5, 0.6) is 0 Å². The first kappa shape index (κ1) is 17.3. The van der Waals surface area contributed by atoms with Gasteiger partial charge in [-0.25, -0.2) is 9.59 Å². The maximum Gasteiger partial charge on any atom is 0.410 e. The Hall–Kier alpha value is -2.08. The topological polar surface area (TPSA) is 76.1 Å². The lowest BCUT2D eigenvalue weighted by Gasteiger charge is -2.22. The Morgan fingerprint density at radius 3 is 2.70 bits per heavy atom. The van der Waals surface area contributed by atoms with Gasteiger partial charge in [-0.15, -0.1) is 0 Å². The molecule has 1 amide bonds. The van der Waals surface area contributed by atoms with Crippen LogP contribution in [0.3, 0.4) is 0 Å². The van der Waals surface area contributed by atoms with Gasteiger partial charge in [0.1, 0.15) is 12.6 Å². The van der Waals surface area contributed by atoms with E-state index in [9.17, 15) is 14.7 Å². The van der Waals surface area contributed by atoms with Crippen LogP contribution in [-0.4, -0.2) is 47.4 Å². The highest BCUT2D eigenvalue weighted by Crippen LogP contribution is 2.21. The molecule has 126 valence electrons. The van der Waals surface area contributed by atoms with Gasteiger partial charge in [-0.3, -0.25) is 4.90 Å². The molecule has 1 saturated heterocycles. The number of aliphatic hydroxyl groups is 1. The van der Waals surface area contributed by atoms with E-state index < -0.39 is 24.2 Å². The van der Waals surface area contributed by atoms with Crippen LogP contribution in [0.2, 0.25) is 0 Å². The molecular formula is C17H23NO5. The fraction of sp³-hybridized carbons (Fsp3) is 0.529. The van der Waals surface area contributed by atoms with Gasteiger partial charge in [0.2, 0.25) is 0 Å². The van der Waals surface area contributed by atoms with Gasteiger partial charge in [-0.2, -0.15) is 0 Å². The molecule has 1 fully saturated rings. The van der Waals surface area contributed by atoms with E-state index in [1.807, 2.05) is 37.3 Å². The lowest BCUT2D eigenvalue weighted by atomic mass is 10.2. The summed E-state index contributed by atoms with van der Waals surface area (Å²) in [5, 5.41) is 9.77. The average molecular weight is 321 g/mol. The lowest BCUT2D eigenvalue weighted by molar-refractivity contribution is -0.149. The second kappa shape index (κ2) is 8.53. The number of likely N-dealkylation sites (tertiary alicyclic amines) is 1. The Morgan fingerprint density at radius 2 is 2.00 bits per heavy atom. The Balaban J connectivity index is 1.90. The van der Waals surface area contributed by atoms with Crippen molar-refractivity contribution < 1.29 is 24.2 Å². The highest BCUT2D eigenvalue weighted by atomic mass is 16.6. The number of benzene rings is 1. The molecule has 0 saturated carbocycles. The van der Waals surface area contributed by atoms with Gasteiger partial charge in [0.15, 0.2) is 0 Å². The third-order valence-corrected chi connectivity index (χ3v) is 3.73. The lowest BCUT2D eigenvalue weighted by Crippen LogP contribution is -2.41. The summed E-state index contributed by atoms with van der Waals surface area (Å²) in [6.07, 6.45) is 0.555. The third kappa shape index (κ3) is 4.96. The number of carbonyl (C=O) groups is 2. The number of rotatable bonds is 6. The molecule has 0 radical (unpaired) electrons. The minimum atomic E-state index is -0.789. The molecular weight excluding hydrogens is 298 g/mol. The summed E-state index contributed by atoms with van der Waals surface area (Å²) in [5.41, 5.74) is 0.872. The normalized spacial score (nSPS) is 20.3. The summed E-state index contributed by atoms with van der Waals surface area (Å²) in [5.74, 6) is -0.516. The van der Waals surface area contributed by atoms with E-state index in [1.165, 1.54) is 4.90 Å². The van der Waals surface area contributed by atoms with Gasteiger partial charge < -0.3 is 14.6 Å². The Labute approximate surface area is 136 Å². The van der Waals surface area contributed by atoms with E-state index in [-0.39, 0.29) is 19.6 Å². The van der Waals surface area contributed by atoms with Crippen LogP contribution in [0, 0.1) is 0 Å². The fourth-order valence-corrected chi connectivity index (χ4v) is 2.45. The molecule has 6 nitrogen and oxygen atoms in total. The van der Waals surface area contributed by atoms with Crippen molar-refractivity contribution in [3.8, 4) is 0 Å². The second-order valence-corrected chi connectivity index (χ2v) is 5.62. The zero-order chi connectivity index (χ0) is 16.7. The number of unbranched alkanes of at least 4 members (excludes halogenated alkanes) is 1. The SMILES string of the molecule is CCCCOC(=O)N1CC(O)CC1C(=O)OCc1ccccc1. The third-order valence-electron chi connectivity index (χ3n) is 3.73. The standard InChI is InChI=1S/C17H23NO5/c1-2-3-9-22-17(21)18-11-14(19)10-15(18)16(20)23-12-13-7-5-4-6-8-13/h4-8,14-15,19H,2-3,9-12H2,1H3. The first-order valence-electron chi connectivity index (χ1n) is 7.93. The number of ether oxygens (including phenoxy) is 2. The quantitative estimate of drug-likeness (QED) is 0.641. The maximum absolute atomic E-state index is 12.2. The summed E-state index contributed by atoms with van der Waals surface area (Å²) in [6, 6.07) is 8.52. The van der Waals surface area contributed by atoms with Crippen LogP contribution in [0.4, 0.5) is 4.79 Å². The second-order valence-electron chi connectivity index (χ2n) is 5.62. The molecule has 1 heterocycles. The zero-order valence-corrected chi connectivity index (χ0v) is 13.3. The monoisotopic (exact) mass is 321 g/mol. The molecule has 1 aliphatic heterocycles. The number of amides is 1. The Bertz CT molecular complexity index is 519. The van der Waals surface area contributed by atoms with Crippen molar-refractivity contribution in [2.75, 3.05) is 13.2 Å². The predicted molar refractivity (Wildman–Crippen MR) is 83.6 cm³/mol. The van der Waals surface area contributed by atoms with E-state index in [2.05, 4.69) is 0 Å². The fourth-order valence-electron chi connectivity index (χ4n) is 2.45. The van der Waals surface area contributed by atoms with E-state index in [1.54, 1.807) is 0 Å². The van der Waals surface area contributed by atoms with Crippen LogP contribution < -0.4 is 0 Å². The average Bonchev–Trinajstić information content (AvgIpc) is 2.96. The molecule has 0 aromatic heterocycles. The number of hydrogen-bond acceptors (Lipinski definition) is 5. The van der Waals surface area contributed by atoms with Crippen LogP contribution >= 0.6 is 0 Å². The smallest absolute Gasteiger partial charge is 0.410 e. The highest BCUT2D eigenvalue weighted by molar-refractivity contribution is 5.82. The minimum Gasteiger partial charge on any atom is -0.459 e. The van der Waals surface area contributed by atoms with Crippen molar-refractivity contribution in [2.45, 2.75) is 44.9 Å². The number of hydrogen-bond donors (Lipinski definition) is 1.